The molecule has 0 fully saturated rings. The first-order chi connectivity index (χ1) is 8.54. The molecule has 2 unspecified atom stereocenters. The summed E-state index contributed by atoms with van der Waals surface area (Å²) < 4.78 is 4.78. The van der Waals surface area contributed by atoms with Crippen LogP contribution < -0.4 is 10.6 Å². The topological polar surface area (TPSA) is 87.7 Å². The molecule has 0 rings (SSSR count). The number of urea groups is 1. The SMILES string of the molecule is C#CC(CCC)NC(=O)NC(CCOC)C(=O)O. The average Bonchev–Trinajstić information content (AvgIpc) is 2.33. The number of methoxy groups -OCH3 is 1. The van der Waals surface area contributed by atoms with Gasteiger partial charge in [-0.3, -0.25) is 0 Å². The zero-order valence-electron chi connectivity index (χ0n) is 10.7. The Labute approximate surface area is 107 Å². The molecule has 2 atom stereocenters. The Morgan fingerprint density at radius 3 is 2.50 bits per heavy atom. The van der Waals surface area contributed by atoms with Crippen LogP contribution in [0.15, 0.2) is 0 Å². The summed E-state index contributed by atoms with van der Waals surface area (Å²) in [5.41, 5.74) is 0. The molecule has 0 heterocycles. The summed E-state index contributed by atoms with van der Waals surface area (Å²) in [6.07, 6.45) is 6.94. The molecule has 2 amide bonds. The van der Waals surface area contributed by atoms with E-state index in [4.69, 9.17) is 16.3 Å². The van der Waals surface area contributed by atoms with Gasteiger partial charge in [0.15, 0.2) is 0 Å². The summed E-state index contributed by atoms with van der Waals surface area (Å²) in [6.45, 7) is 2.20. The summed E-state index contributed by atoms with van der Waals surface area (Å²) in [5, 5.41) is 13.8. The van der Waals surface area contributed by atoms with Gasteiger partial charge in [-0.25, -0.2) is 9.59 Å². The van der Waals surface area contributed by atoms with Crippen LogP contribution in [0.3, 0.4) is 0 Å². The Bertz CT molecular complexity index is 312. The van der Waals surface area contributed by atoms with Crippen LogP contribution in [0.2, 0.25) is 0 Å². The van der Waals surface area contributed by atoms with E-state index in [1.54, 1.807) is 0 Å². The first-order valence-corrected chi connectivity index (χ1v) is 5.80. The van der Waals surface area contributed by atoms with Crippen LogP contribution in [0.1, 0.15) is 26.2 Å². The molecule has 0 saturated carbocycles. The maximum atomic E-state index is 11.5. The van der Waals surface area contributed by atoms with Crippen LogP contribution in [-0.4, -0.2) is 42.9 Å². The van der Waals surface area contributed by atoms with E-state index in [2.05, 4.69) is 16.6 Å². The van der Waals surface area contributed by atoms with Crippen LogP contribution in [0, 0.1) is 12.3 Å². The first kappa shape index (κ1) is 16.3. The molecule has 0 spiro atoms. The second-order valence-electron chi connectivity index (χ2n) is 3.80. The molecular formula is C12H20N2O4. The monoisotopic (exact) mass is 256 g/mol. The highest BCUT2D eigenvalue weighted by Gasteiger charge is 2.20. The van der Waals surface area contributed by atoms with Crippen LogP contribution in [0.5, 0.6) is 0 Å². The van der Waals surface area contributed by atoms with E-state index in [1.165, 1.54) is 7.11 Å². The molecule has 3 N–H and O–H groups in total. The predicted molar refractivity (Wildman–Crippen MR) is 67.1 cm³/mol. The Hall–Kier alpha value is -1.74. The van der Waals surface area contributed by atoms with Crippen molar-refractivity contribution in [2.45, 2.75) is 38.3 Å². The molecule has 6 nitrogen and oxygen atoms in total. The Balaban J connectivity index is 4.24. The predicted octanol–water partition coefficient (Wildman–Crippen LogP) is 0.577. The van der Waals surface area contributed by atoms with E-state index >= 15 is 0 Å². The highest BCUT2D eigenvalue weighted by Crippen LogP contribution is 1.96. The van der Waals surface area contributed by atoms with Gasteiger partial charge in [-0.05, 0) is 6.42 Å². The summed E-state index contributed by atoms with van der Waals surface area (Å²) in [7, 11) is 1.47. The highest BCUT2D eigenvalue weighted by atomic mass is 16.5. The minimum atomic E-state index is -1.10. The second kappa shape index (κ2) is 9.31. The number of ether oxygens (including phenoxy) is 1. The maximum Gasteiger partial charge on any atom is 0.326 e. The fourth-order valence-electron chi connectivity index (χ4n) is 1.34. The van der Waals surface area contributed by atoms with Crippen molar-refractivity contribution >= 4 is 12.0 Å². The van der Waals surface area contributed by atoms with Gasteiger partial charge < -0.3 is 20.5 Å². The summed E-state index contributed by atoms with van der Waals surface area (Å²) in [5.74, 6) is 1.33. The normalized spacial score (nSPS) is 13.2. The van der Waals surface area contributed by atoms with Crippen LogP contribution in [-0.2, 0) is 9.53 Å². The lowest BCUT2D eigenvalue weighted by molar-refractivity contribution is -0.139. The lowest BCUT2D eigenvalue weighted by atomic mass is 10.2. The average molecular weight is 256 g/mol. The smallest absolute Gasteiger partial charge is 0.326 e. The summed E-state index contributed by atoms with van der Waals surface area (Å²) in [6, 6.07) is -1.94. The van der Waals surface area contributed by atoms with E-state index in [-0.39, 0.29) is 19.1 Å². The summed E-state index contributed by atoms with van der Waals surface area (Å²) in [4.78, 5) is 22.4. The standard InChI is InChI=1S/C12H20N2O4/c1-4-6-9(5-2)13-12(17)14-10(11(15)16)7-8-18-3/h2,9-10H,4,6-8H2,1,3H3,(H,15,16)(H2,13,14,17). The Morgan fingerprint density at radius 2 is 2.06 bits per heavy atom. The number of carbonyl (C=O) groups excluding carboxylic acids is 1. The van der Waals surface area contributed by atoms with E-state index in [9.17, 15) is 9.59 Å². The number of aliphatic carboxylic acids is 1. The number of hydrogen-bond donors (Lipinski definition) is 3. The van der Waals surface area contributed by atoms with Crippen LogP contribution in [0.4, 0.5) is 4.79 Å². The number of terminal acetylenes is 1. The Morgan fingerprint density at radius 1 is 1.39 bits per heavy atom. The second-order valence-corrected chi connectivity index (χ2v) is 3.80. The van der Waals surface area contributed by atoms with Gasteiger partial charge in [0.2, 0.25) is 0 Å². The van der Waals surface area contributed by atoms with E-state index in [0.29, 0.717) is 6.42 Å². The molecule has 18 heavy (non-hydrogen) atoms. The molecule has 0 saturated heterocycles. The fourth-order valence-corrected chi connectivity index (χ4v) is 1.34. The van der Waals surface area contributed by atoms with Gasteiger partial charge in [-0.15, -0.1) is 6.42 Å². The van der Waals surface area contributed by atoms with Gasteiger partial charge >= 0.3 is 12.0 Å². The molecule has 102 valence electrons. The quantitative estimate of drug-likeness (QED) is 0.554. The van der Waals surface area contributed by atoms with Crippen molar-refractivity contribution in [2.24, 2.45) is 0 Å². The third-order valence-corrected chi connectivity index (χ3v) is 2.30. The molecule has 0 aliphatic carbocycles. The van der Waals surface area contributed by atoms with Gasteiger partial charge in [0, 0.05) is 20.1 Å². The molecule has 0 aromatic rings. The van der Waals surface area contributed by atoms with Crippen molar-refractivity contribution in [1.82, 2.24) is 10.6 Å². The number of carboxylic acid groups (broad SMARTS) is 1. The lowest BCUT2D eigenvalue weighted by Crippen LogP contribution is -2.49. The lowest BCUT2D eigenvalue weighted by Gasteiger charge is -2.17. The molecule has 0 radical (unpaired) electrons. The minimum Gasteiger partial charge on any atom is -0.480 e. The maximum absolute atomic E-state index is 11.5. The third kappa shape index (κ3) is 6.76. The summed E-state index contributed by atoms with van der Waals surface area (Å²) >= 11 is 0. The number of amides is 2. The highest BCUT2D eigenvalue weighted by molar-refractivity contribution is 5.82. The molecule has 0 aromatic carbocycles. The first-order valence-electron chi connectivity index (χ1n) is 5.80. The van der Waals surface area contributed by atoms with Gasteiger partial charge in [0.05, 0.1) is 6.04 Å². The van der Waals surface area contributed by atoms with Gasteiger partial charge in [-0.2, -0.15) is 0 Å². The van der Waals surface area contributed by atoms with Gasteiger partial charge in [-0.1, -0.05) is 19.3 Å². The van der Waals surface area contributed by atoms with Crippen molar-refractivity contribution in [3.05, 3.63) is 0 Å². The van der Waals surface area contributed by atoms with E-state index in [1.807, 2.05) is 6.92 Å². The van der Waals surface area contributed by atoms with Gasteiger partial charge in [0.1, 0.15) is 6.04 Å². The molecule has 0 aromatic heterocycles. The van der Waals surface area contributed by atoms with Gasteiger partial charge in [0.25, 0.3) is 0 Å². The Kier molecular flexibility index (Phi) is 8.41. The zero-order chi connectivity index (χ0) is 14.0. The zero-order valence-corrected chi connectivity index (χ0v) is 10.7. The van der Waals surface area contributed by atoms with Crippen molar-refractivity contribution in [2.75, 3.05) is 13.7 Å². The molecule has 0 aliphatic rings. The number of nitrogens with one attached hydrogen (secondary N) is 2. The van der Waals surface area contributed by atoms with Crippen molar-refractivity contribution in [3.63, 3.8) is 0 Å². The fraction of sp³-hybridized carbons (Fsp3) is 0.667. The number of carbonyl (C=O) groups is 2. The van der Waals surface area contributed by atoms with Crippen molar-refractivity contribution < 1.29 is 19.4 Å². The van der Waals surface area contributed by atoms with E-state index < -0.39 is 18.0 Å². The van der Waals surface area contributed by atoms with Crippen molar-refractivity contribution in [1.29, 1.82) is 0 Å². The molecule has 0 bridgehead atoms. The molecule has 0 aliphatic heterocycles. The number of hydrogen-bond acceptors (Lipinski definition) is 3. The minimum absolute atomic E-state index is 0.202. The van der Waals surface area contributed by atoms with E-state index in [0.717, 1.165) is 6.42 Å². The number of rotatable bonds is 8. The van der Waals surface area contributed by atoms with Crippen molar-refractivity contribution in [3.8, 4) is 12.3 Å². The number of carboxylic acids is 1. The molecular weight excluding hydrogens is 236 g/mol. The van der Waals surface area contributed by atoms with Crippen LogP contribution >= 0.6 is 0 Å². The van der Waals surface area contributed by atoms with Crippen LogP contribution in [0.25, 0.3) is 0 Å². The largest absolute Gasteiger partial charge is 0.480 e. The molecule has 6 heteroatoms. The third-order valence-electron chi connectivity index (χ3n) is 2.30.